The van der Waals surface area contributed by atoms with Gasteiger partial charge in [-0.25, -0.2) is 0 Å². The predicted molar refractivity (Wildman–Crippen MR) is 79.4 cm³/mol. The summed E-state index contributed by atoms with van der Waals surface area (Å²) in [5.74, 6) is 0. The minimum atomic E-state index is 0.230. The summed E-state index contributed by atoms with van der Waals surface area (Å²) in [7, 11) is 2.22. The smallest absolute Gasteiger partial charge is 0.0370 e. The monoisotopic (exact) mass is 246 g/mol. The molecule has 0 aromatic heterocycles. The number of rotatable bonds is 1. The number of hydrogen-bond acceptors (Lipinski definition) is 2. The first-order valence-electron chi connectivity index (χ1n) is 6.93. The van der Waals surface area contributed by atoms with Gasteiger partial charge in [-0.1, -0.05) is 32.9 Å². The second kappa shape index (κ2) is 4.93. The Morgan fingerprint density at radius 1 is 1.17 bits per heavy atom. The predicted octanol–water partition coefficient (Wildman–Crippen LogP) is 3.12. The van der Waals surface area contributed by atoms with Gasteiger partial charge in [0.2, 0.25) is 0 Å². The molecular weight excluding hydrogens is 220 g/mol. The van der Waals surface area contributed by atoms with Crippen LogP contribution in [0.1, 0.15) is 33.3 Å². The number of benzene rings is 1. The Labute approximate surface area is 112 Å². The van der Waals surface area contributed by atoms with Crippen molar-refractivity contribution in [1.29, 1.82) is 0 Å². The molecule has 1 aliphatic heterocycles. The molecule has 1 saturated heterocycles. The summed E-state index contributed by atoms with van der Waals surface area (Å²) in [5, 5.41) is 0. The van der Waals surface area contributed by atoms with E-state index in [2.05, 4.69) is 68.8 Å². The Morgan fingerprint density at radius 2 is 1.89 bits per heavy atom. The van der Waals surface area contributed by atoms with Crippen molar-refractivity contribution in [3.63, 3.8) is 0 Å². The fourth-order valence-electron chi connectivity index (χ4n) is 2.45. The Kier molecular flexibility index (Phi) is 3.67. The quantitative estimate of drug-likeness (QED) is 0.751. The van der Waals surface area contributed by atoms with Crippen molar-refractivity contribution >= 4 is 5.69 Å². The molecule has 1 aliphatic rings. The molecule has 0 saturated carbocycles. The molecule has 0 amide bonds. The lowest BCUT2D eigenvalue weighted by Gasteiger charge is -2.39. The third-order valence-electron chi connectivity index (χ3n) is 4.04. The van der Waals surface area contributed by atoms with Crippen LogP contribution < -0.4 is 4.90 Å². The normalized spacial score (nSPS) is 22.3. The Bertz CT molecular complexity index is 406. The number of nitrogens with zero attached hydrogens (tertiary/aromatic N) is 2. The summed E-state index contributed by atoms with van der Waals surface area (Å²) in [6.45, 7) is 12.6. The molecule has 0 radical (unpaired) electrons. The molecule has 1 aromatic carbocycles. The van der Waals surface area contributed by atoms with Gasteiger partial charge in [-0.2, -0.15) is 0 Å². The molecule has 1 aromatic rings. The minimum Gasteiger partial charge on any atom is -0.369 e. The molecule has 0 spiro atoms. The number of likely N-dealkylation sites (N-methyl/N-ethyl adjacent to an activating group) is 1. The lowest BCUT2D eigenvalue weighted by atomic mass is 9.87. The molecule has 2 heteroatoms. The number of hydrogen-bond donors (Lipinski definition) is 0. The van der Waals surface area contributed by atoms with Gasteiger partial charge in [0.1, 0.15) is 0 Å². The zero-order valence-electron chi connectivity index (χ0n) is 12.4. The Hall–Kier alpha value is -1.02. The van der Waals surface area contributed by atoms with Gasteiger partial charge >= 0.3 is 0 Å². The lowest BCUT2D eigenvalue weighted by molar-refractivity contribution is 0.234. The van der Waals surface area contributed by atoms with Crippen molar-refractivity contribution in [3.05, 3.63) is 29.8 Å². The largest absolute Gasteiger partial charge is 0.369 e. The van der Waals surface area contributed by atoms with E-state index in [1.165, 1.54) is 11.3 Å². The maximum absolute atomic E-state index is 2.51. The Morgan fingerprint density at radius 3 is 2.50 bits per heavy atom. The average Bonchev–Trinajstić information content (AvgIpc) is 2.32. The molecule has 1 unspecified atom stereocenters. The summed E-state index contributed by atoms with van der Waals surface area (Å²) in [6.07, 6.45) is 0. The molecule has 0 N–H and O–H groups in total. The van der Waals surface area contributed by atoms with E-state index in [0.29, 0.717) is 6.04 Å². The van der Waals surface area contributed by atoms with Crippen LogP contribution in [-0.4, -0.2) is 37.6 Å². The van der Waals surface area contributed by atoms with E-state index in [9.17, 15) is 0 Å². The molecule has 18 heavy (non-hydrogen) atoms. The highest BCUT2D eigenvalue weighted by molar-refractivity contribution is 5.50. The summed E-state index contributed by atoms with van der Waals surface area (Å²) < 4.78 is 0. The van der Waals surface area contributed by atoms with Gasteiger partial charge in [-0.3, -0.25) is 0 Å². The molecule has 2 rings (SSSR count). The maximum Gasteiger partial charge on any atom is 0.0370 e. The van der Waals surface area contributed by atoms with Gasteiger partial charge in [-0.15, -0.1) is 0 Å². The lowest BCUT2D eigenvalue weighted by Crippen LogP contribution is -2.50. The van der Waals surface area contributed by atoms with Crippen LogP contribution in [-0.2, 0) is 5.41 Å². The van der Waals surface area contributed by atoms with Crippen LogP contribution >= 0.6 is 0 Å². The Balaban J connectivity index is 2.19. The van der Waals surface area contributed by atoms with Gasteiger partial charge < -0.3 is 9.80 Å². The number of anilines is 1. The van der Waals surface area contributed by atoms with E-state index in [-0.39, 0.29) is 5.41 Å². The van der Waals surface area contributed by atoms with Crippen LogP contribution in [0.15, 0.2) is 24.3 Å². The van der Waals surface area contributed by atoms with Gasteiger partial charge in [0.05, 0.1) is 0 Å². The zero-order chi connectivity index (χ0) is 13.3. The molecule has 1 atom stereocenters. The molecule has 100 valence electrons. The van der Waals surface area contributed by atoms with Crippen LogP contribution in [0, 0.1) is 0 Å². The number of piperazine rings is 1. The van der Waals surface area contributed by atoms with Crippen LogP contribution in [0.4, 0.5) is 5.69 Å². The van der Waals surface area contributed by atoms with Crippen molar-refractivity contribution in [2.45, 2.75) is 39.2 Å². The van der Waals surface area contributed by atoms with Gasteiger partial charge in [0.25, 0.3) is 0 Å². The molecule has 0 aliphatic carbocycles. The molecule has 1 fully saturated rings. The van der Waals surface area contributed by atoms with Gasteiger partial charge in [-0.05, 0) is 37.1 Å². The summed E-state index contributed by atoms with van der Waals surface area (Å²) >= 11 is 0. The summed E-state index contributed by atoms with van der Waals surface area (Å²) in [5.41, 5.74) is 3.03. The zero-order valence-corrected chi connectivity index (χ0v) is 12.4. The fraction of sp³-hybridized carbons (Fsp3) is 0.625. The molecular formula is C16H26N2. The SMILES string of the molecule is CC1CN(c2cccc(C(C)(C)C)c2)CCN1C. The first-order chi connectivity index (χ1) is 8.38. The molecule has 0 bridgehead atoms. The van der Waals surface area contributed by atoms with Gasteiger partial charge in [0, 0.05) is 31.4 Å². The van der Waals surface area contributed by atoms with Gasteiger partial charge in [0.15, 0.2) is 0 Å². The third-order valence-corrected chi connectivity index (χ3v) is 4.04. The van der Waals surface area contributed by atoms with E-state index >= 15 is 0 Å². The van der Waals surface area contributed by atoms with E-state index in [4.69, 9.17) is 0 Å². The third kappa shape index (κ3) is 2.86. The van der Waals surface area contributed by atoms with Crippen LogP contribution in [0.2, 0.25) is 0 Å². The van der Waals surface area contributed by atoms with E-state index < -0.39 is 0 Å². The standard InChI is InChI=1S/C16H26N2/c1-13-12-18(10-9-17(13)5)15-8-6-7-14(11-15)16(2,3)4/h6-8,11,13H,9-10,12H2,1-5H3. The van der Waals surface area contributed by atoms with E-state index in [1.807, 2.05) is 0 Å². The second-order valence-corrected chi connectivity index (χ2v) is 6.58. The van der Waals surface area contributed by atoms with Crippen LogP contribution in [0.3, 0.4) is 0 Å². The highest BCUT2D eigenvalue weighted by Gasteiger charge is 2.22. The summed E-state index contributed by atoms with van der Waals surface area (Å²) in [6, 6.07) is 9.67. The average molecular weight is 246 g/mol. The van der Waals surface area contributed by atoms with Crippen LogP contribution in [0.25, 0.3) is 0 Å². The van der Waals surface area contributed by atoms with E-state index in [0.717, 1.165) is 19.6 Å². The molecule has 1 heterocycles. The fourth-order valence-corrected chi connectivity index (χ4v) is 2.45. The van der Waals surface area contributed by atoms with Crippen molar-refractivity contribution in [2.24, 2.45) is 0 Å². The maximum atomic E-state index is 2.51. The molecule has 2 nitrogen and oxygen atoms in total. The topological polar surface area (TPSA) is 6.48 Å². The minimum absolute atomic E-state index is 0.230. The van der Waals surface area contributed by atoms with Crippen molar-refractivity contribution in [1.82, 2.24) is 4.90 Å². The highest BCUT2D eigenvalue weighted by atomic mass is 15.3. The summed E-state index contributed by atoms with van der Waals surface area (Å²) in [4.78, 5) is 4.95. The van der Waals surface area contributed by atoms with E-state index in [1.54, 1.807) is 0 Å². The van der Waals surface area contributed by atoms with Crippen molar-refractivity contribution in [2.75, 3.05) is 31.6 Å². The highest BCUT2D eigenvalue weighted by Crippen LogP contribution is 2.27. The second-order valence-electron chi connectivity index (χ2n) is 6.58. The van der Waals surface area contributed by atoms with Crippen molar-refractivity contribution in [3.8, 4) is 0 Å². The van der Waals surface area contributed by atoms with Crippen molar-refractivity contribution < 1.29 is 0 Å². The first-order valence-corrected chi connectivity index (χ1v) is 6.93. The van der Waals surface area contributed by atoms with Crippen LogP contribution in [0.5, 0.6) is 0 Å². The first kappa shape index (κ1) is 13.4.